The fraction of sp³-hybridized carbons (Fsp3) is 0.889. The maximum atomic E-state index is 11.7. The summed E-state index contributed by atoms with van der Waals surface area (Å²) in [4.78, 5) is 13.5. The zero-order valence-electron chi connectivity index (χ0n) is 7.96. The number of hydrogen-bond acceptors (Lipinski definition) is 2. The number of amides is 1. The minimum atomic E-state index is 0.192. The minimum absolute atomic E-state index is 0.192. The van der Waals surface area contributed by atoms with Crippen LogP contribution in [-0.2, 0) is 9.53 Å². The van der Waals surface area contributed by atoms with E-state index in [0.29, 0.717) is 0 Å². The minimum Gasteiger partial charge on any atom is -0.381 e. The van der Waals surface area contributed by atoms with Crippen molar-refractivity contribution in [3.05, 3.63) is 0 Å². The Morgan fingerprint density at radius 2 is 2.15 bits per heavy atom. The molecule has 0 bridgehead atoms. The van der Waals surface area contributed by atoms with Crippen molar-refractivity contribution in [1.29, 1.82) is 0 Å². The number of nitrogens with zero attached hydrogens (tertiary/aromatic N) is 1. The van der Waals surface area contributed by atoms with Gasteiger partial charge in [-0.3, -0.25) is 4.79 Å². The largest absolute Gasteiger partial charge is 0.381 e. The monoisotopic (exact) mass is 249 g/mol. The summed E-state index contributed by atoms with van der Waals surface area (Å²) in [7, 11) is 1.86. The highest BCUT2D eigenvalue weighted by Gasteiger charge is 2.23. The molecule has 4 heteroatoms. The Hall–Kier alpha value is -0.0900. The van der Waals surface area contributed by atoms with Gasteiger partial charge in [-0.05, 0) is 12.8 Å². The third-order valence-corrected chi connectivity index (χ3v) is 2.72. The number of carbonyl (C=O) groups is 1. The highest BCUT2D eigenvalue weighted by Crippen LogP contribution is 2.16. The van der Waals surface area contributed by atoms with E-state index in [0.717, 1.165) is 37.9 Å². The summed E-state index contributed by atoms with van der Waals surface area (Å²) in [5.74, 6) is 0.459. The zero-order valence-corrected chi connectivity index (χ0v) is 9.55. The van der Waals surface area contributed by atoms with Crippen molar-refractivity contribution in [3.8, 4) is 0 Å². The molecule has 1 saturated heterocycles. The number of alkyl halides is 1. The predicted octanol–water partition coefficient (Wildman–Crippen LogP) is 1.27. The van der Waals surface area contributed by atoms with Crippen molar-refractivity contribution in [2.75, 3.05) is 32.1 Å². The van der Waals surface area contributed by atoms with E-state index in [1.165, 1.54) is 0 Å². The smallest absolute Gasteiger partial charge is 0.225 e. The summed E-state index contributed by atoms with van der Waals surface area (Å²) in [6.07, 6.45) is 1.76. The van der Waals surface area contributed by atoms with Gasteiger partial charge in [-0.1, -0.05) is 15.9 Å². The van der Waals surface area contributed by atoms with Gasteiger partial charge in [-0.2, -0.15) is 0 Å². The molecule has 0 unspecified atom stereocenters. The van der Waals surface area contributed by atoms with E-state index in [9.17, 15) is 4.79 Å². The molecule has 0 radical (unpaired) electrons. The molecule has 1 rings (SSSR count). The molecule has 1 amide bonds. The van der Waals surface area contributed by atoms with Crippen LogP contribution in [0.4, 0.5) is 0 Å². The van der Waals surface area contributed by atoms with Crippen molar-refractivity contribution in [1.82, 2.24) is 4.90 Å². The molecule has 0 aliphatic carbocycles. The van der Waals surface area contributed by atoms with Gasteiger partial charge >= 0.3 is 0 Å². The highest BCUT2D eigenvalue weighted by molar-refractivity contribution is 9.09. The van der Waals surface area contributed by atoms with Crippen LogP contribution in [0.2, 0.25) is 0 Å². The lowest BCUT2D eigenvalue weighted by molar-refractivity contribution is -0.136. The summed E-state index contributed by atoms with van der Waals surface area (Å²) in [6.45, 7) is 2.26. The first-order chi connectivity index (χ1) is 6.25. The lowest BCUT2D eigenvalue weighted by Crippen LogP contribution is -2.36. The van der Waals surface area contributed by atoms with Crippen molar-refractivity contribution in [2.45, 2.75) is 12.8 Å². The van der Waals surface area contributed by atoms with E-state index in [2.05, 4.69) is 15.9 Å². The average Bonchev–Trinajstić information content (AvgIpc) is 2.18. The van der Waals surface area contributed by atoms with Crippen LogP contribution in [0.3, 0.4) is 0 Å². The first-order valence-corrected chi connectivity index (χ1v) is 5.76. The molecule has 0 saturated carbocycles. The van der Waals surface area contributed by atoms with E-state index in [4.69, 9.17) is 4.74 Å². The topological polar surface area (TPSA) is 29.5 Å². The molecule has 0 spiro atoms. The molecule has 1 aliphatic heterocycles. The van der Waals surface area contributed by atoms with Gasteiger partial charge in [-0.25, -0.2) is 0 Å². The summed E-state index contributed by atoms with van der Waals surface area (Å²) in [6, 6.07) is 0. The Morgan fingerprint density at radius 1 is 1.54 bits per heavy atom. The Morgan fingerprint density at radius 3 is 2.69 bits per heavy atom. The standard InChI is InChI=1S/C9H16BrNO2/c1-11(5-4-10)9(12)8-2-6-13-7-3-8/h8H,2-7H2,1H3. The van der Waals surface area contributed by atoms with Crippen molar-refractivity contribution >= 4 is 21.8 Å². The average molecular weight is 250 g/mol. The van der Waals surface area contributed by atoms with Gasteiger partial charge in [0.15, 0.2) is 0 Å². The second kappa shape index (κ2) is 5.60. The first kappa shape index (κ1) is 11.0. The van der Waals surface area contributed by atoms with Crippen molar-refractivity contribution < 1.29 is 9.53 Å². The van der Waals surface area contributed by atoms with Gasteiger partial charge in [-0.15, -0.1) is 0 Å². The van der Waals surface area contributed by atoms with Crippen molar-refractivity contribution in [2.24, 2.45) is 5.92 Å². The number of rotatable bonds is 3. The molecular formula is C9H16BrNO2. The SMILES string of the molecule is CN(CCBr)C(=O)C1CCOCC1. The summed E-state index contributed by atoms with van der Waals surface area (Å²) in [5.41, 5.74) is 0. The summed E-state index contributed by atoms with van der Waals surface area (Å²) < 4.78 is 5.21. The molecule has 0 atom stereocenters. The molecule has 1 fully saturated rings. The Labute approximate surface area is 87.6 Å². The summed E-state index contributed by atoms with van der Waals surface area (Å²) in [5, 5.41) is 0.846. The second-order valence-electron chi connectivity index (χ2n) is 3.34. The third-order valence-electron chi connectivity index (χ3n) is 2.37. The first-order valence-electron chi connectivity index (χ1n) is 4.64. The molecule has 0 aromatic heterocycles. The van der Waals surface area contributed by atoms with Gasteiger partial charge in [0.25, 0.3) is 0 Å². The molecule has 3 nitrogen and oxygen atoms in total. The van der Waals surface area contributed by atoms with E-state index in [-0.39, 0.29) is 11.8 Å². The van der Waals surface area contributed by atoms with E-state index >= 15 is 0 Å². The maximum absolute atomic E-state index is 11.7. The fourth-order valence-electron chi connectivity index (χ4n) is 1.49. The van der Waals surface area contributed by atoms with Crippen LogP contribution < -0.4 is 0 Å². The lowest BCUT2D eigenvalue weighted by Gasteiger charge is -2.26. The predicted molar refractivity (Wildman–Crippen MR) is 55.0 cm³/mol. The second-order valence-corrected chi connectivity index (χ2v) is 4.13. The summed E-state index contributed by atoms with van der Waals surface area (Å²) >= 11 is 3.32. The molecule has 13 heavy (non-hydrogen) atoms. The van der Waals surface area contributed by atoms with E-state index in [1.807, 2.05) is 7.05 Å². The van der Waals surface area contributed by atoms with Crippen LogP contribution in [0.1, 0.15) is 12.8 Å². The lowest BCUT2D eigenvalue weighted by atomic mass is 9.99. The number of ether oxygens (including phenoxy) is 1. The Bertz CT molecular complexity index is 169. The molecular weight excluding hydrogens is 234 g/mol. The molecule has 1 heterocycles. The van der Waals surface area contributed by atoms with Gasteiger partial charge in [0.2, 0.25) is 5.91 Å². The molecule has 0 N–H and O–H groups in total. The van der Waals surface area contributed by atoms with E-state index in [1.54, 1.807) is 4.90 Å². The number of hydrogen-bond donors (Lipinski definition) is 0. The zero-order chi connectivity index (χ0) is 9.68. The van der Waals surface area contributed by atoms with Crippen LogP contribution in [0.5, 0.6) is 0 Å². The number of carbonyl (C=O) groups excluding carboxylic acids is 1. The van der Waals surface area contributed by atoms with Gasteiger partial charge in [0.05, 0.1) is 0 Å². The van der Waals surface area contributed by atoms with Gasteiger partial charge in [0.1, 0.15) is 0 Å². The molecule has 1 aliphatic rings. The van der Waals surface area contributed by atoms with Crippen LogP contribution in [0.25, 0.3) is 0 Å². The Balaban J connectivity index is 2.36. The molecule has 76 valence electrons. The van der Waals surface area contributed by atoms with Crippen LogP contribution in [0, 0.1) is 5.92 Å². The van der Waals surface area contributed by atoms with Crippen LogP contribution in [-0.4, -0.2) is 42.9 Å². The highest BCUT2D eigenvalue weighted by atomic mass is 79.9. The normalized spacial score (nSPS) is 18.6. The number of halogens is 1. The van der Waals surface area contributed by atoms with Crippen LogP contribution in [0.15, 0.2) is 0 Å². The van der Waals surface area contributed by atoms with Gasteiger partial charge < -0.3 is 9.64 Å². The quantitative estimate of drug-likeness (QED) is 0.706. The molecule has 0 aromatic rings. The molecule has 0 aromatic carbocycles. The third kappa shape index (κ3) is 3.27. The fourth-order valence-corrected chi connectivity index (χ4v) is 2.03. The van der Waals surface area contributed by atoms with E-state index < -0.39 is 0 Å². The Kier molecular flexibility index (Phi) is 4.73. The van der Waals surface area contributed by atoms with Gasteiger partial charge in [0, 0.05) is 38.1 Å². The van der Waals surface area contributed by atoms with Crippen LogP contribution >= 0.6 is 15.9 Å². The van der Waals surface area contributed by atoms with Crippen molar-refractivity contribution in [3.63, 3.8) is 0 Å². The maximum Gasteiger partial charge on any atom is 0.225 e.